The van der Waals surface area contributed by atoms with E-state index in [0.717, 1.165) is 89.1 Å². The maximum Gasteiger partial charge on any atom is 0.138 e. The number of hydrogen-bond donors (Lipinski definition) is 3. The lowest BCUT2D eigenvalue weighted by atomic mass is 10.1. The Bertz CT molecular complexity index is 1500. The minimum Gasteiger partial charge on any atom is -0.341 e. The van der Waals surface area contributed by atoms with Gasteiger partial charge in [0, 0.05) is 24.2 Å². The fourth-order valence-electron chi connectivity index (χ4n) is 5.01. The van der Waals surface area contributed by atoms with Crippen LogP contribution in [0, 0.1) is 0 Å². The summed E-state index contributed by atoms with van der Waals surface area (Å²) in [6.07, 6.45) is 7.29. The van der Waals surface area contributed by atoms with Gasteiger partial charge in [-0.2, -0.15) is 0 Å². The molecule has 5 aromatic rings. The highest BCUT2D eigenvalue weighted by Gasteiger charge is 2.25. The topological polar surface area (TPSA) is 92.5 Å². The highest BCUT2D eigenvalue weighted by atomic mass is 31.0. The lowest BCUT2D eigenvalue weighted by Crippen LogP contribution is -2.12. The zero-order chi connectivity index (χ0) is 25.4. The van der Waals surface area contributed by atoms with E-state index in [1.54, 1.807) is 0 Å². The second kappa shape index (κ2) is 10.5. The molecule has 1 aliphatic rings. The van der Waals surface area contributed by atoms with Gasteiger partial charge >= 0.3 is 0 Å². The van der Waals surface area contributed by atoms with Crippen molar-refractivity contribution < 1.29 is 0 Å². The van der Waals surface area contributed by atoms with E-state index in [0.29, 0.717) is 6.04 Å². The number of hydrogen-bond acceptors (Lipinski definition) is 5. The Balaban J connectivity index is 1.19. The Morgan fingerprint density at radius 2 is 1.73 bits per heavy atom. The largest absolute Gasteiger partial charge is 0.341 e. The van der Waals surface area contributed by atoms with Gasteiger partial charge in [-0.1, -0.05) is 56.0 Å². The van der Waals surface area contributed by atoms with Gasteiger partial charge in [-0.3, -0.25) is 9.34 Å². The molecule has 4 heterocycles. The fraction of sp³-hybridized carbons (Fsp3) is 0.296. The van der Waals surface area contributed by atoms with Crippen LogP contribution >= 0.6 is 18.8 Å². The summed E-state index contributed by atoms with van der Waals surface area (Å²) >= 11 is 0. The molecular weight excluding hydrogens is 498 g/mol. The molecule has 8 nitrogen and oxygen atoms in total. The number of nitrogens with zero attached hydrogens (tertiary/aromatic N) is 5. The van der Waals surface area contributed by atoms with Crippen LogP contribution in [0.2, 0.25) is 0 Å². The Hall–Kier alpha value is -2.89. The van der Waals surface area contributed by atoms with Crippen molar-refractivity contribution in [2.24, 2.45) is 0 Å². The summed E-state index contributed by atoms with van der Waals surface area (Å²) in [4.78, 5) is 24.5. The van der Waals surface area contributed by atoms with Crippen molar-refractivity contribution in [3.8, 4) is 33.9 Å². The molecule has 0 radical (unpaired) electrons. The molecule has 3 aromatic heterocycles. The number of aromatic amines is 3. The van der Waals surface area contributed by atoms with Gasteiger partial charge in [-0.05, 0) is 37.0 Å². The van der Waals surface area contributed by atoms with Crippen LogP contribution in [-0.4, -0.2) is 52.3 Å². The van der Waals surface area contributed by atoms with E-state index in [1.165, 1.54) is 6.42 Å². The Morgan fingerprint density at radius 3 is 2.51 bits per heavy atom. The first-order chi connectivity index (χ1) is 18.1. The van der Waals surface area contributed by atoms with Crippen molar-refractivity contribution in [3.63, 3.8) is 0 Å². The number of benzene rings is 2. The summed E-state index contributed by atoms with van der Waals surface area (Å²) in [5, 5.41) is 0. The van der Waals surface area contributed by atoms with Crippen molar-refractivity contribution in [3.05, 3.63) is 66.5 Å². The quantitative estimate of drug-likeness (QED) is 0.216. The van der Waals surface area contributed by atoms with Crippen LogP contribution in [0.3, 0.4) is 0 Å². The summed E-state index contributed by atoms with van der Waals surface area (Å²) in [5.41, 5.74) is 7.26. The molecule has 190 valence electrons. The first kappa shape index (κ1) is 24.4. The van der Waals surface area contributed by atoms with E-state index in [4.69, 9.17) is 4.98 Å². The summed E-state index contributed by atoms with van der Waals surface area (Å²) < 4.78 is 4.48. The number of nitrogens with one attached hydrogen (secondary N) is 3. The number of imidazole rings is 3. The minimum atomic E-state index is 0.346. The highest BCUT2D eigenvalue weighted by molar-refractivity contribution is 7.13. The molecule has 10 heteroatoms. The van der Waals surface area contributed by atoms with Gasteiger partial charge in [0.1, 0.15) is 17.5 Å². The first-order valence-corrected chi connectivity index (χ1v) is 13.8. The monoisotopic (exact) mass is 530 g/mol. The van der Waals surface area contributed by atoms with Crippen molar-refractivity contribution in [1.29, 1.82) is 0 Å². The van der Waals surface area contributed by atoms with Gasteiger partial charge < -0.3 is 15.0 Å². The fourth-order valence-corrected chi connectivity index (χ4v) is 5.91. The van der Waals surface area contributed by atoms with E-state index in [-0.39, 0.29) is 0 Å². The summed E-state index contributed by atoms with van der Waals surface area (Å²) in [6.45, 7) is 5.08. The van der Waals surface area contributed by atoms with E-state index in [1.807, 2.05) is 12.4 Å². The molecule has 6 rings (SSSR count). The molecule has 37 heavy (non-hydrogen) atoms. The second-order valence-electron chi connectivity index (χ2n) is 9.69. The van der Waals surface area contributed by atoms with E-state index in [9.17, 15) is 0 Å². The standard InChI is InChI=1S/C27H32N8P2/c1-2-11-34(36)16-25-28-14-22(30-25)17-5-7-18(8-6-17)26-31-20-10-9-19(13-21(20)32-26)23-15-29-27(33-23)24-4-3-12-35(24)37/h5-10,13-15,24H,2-4,11-12,16,36-37H2,1H3,(H,28,30)(H,29,33)(H,31,32)/t24-/m0/s1. The summed E-state index contributed by atoms with van der Waals surface area (Å²) in [6, 6.07) is 15.1. The first-order valence-electron chi connectivity index (χ1n) is 12.8. The molecule has 0 bridgehead atoms. The number of rotatable bonds is 8. The van der Waals surface area contributed by atoms with Crippen molar-refractivity contribution in [1.82, 2.24) is 39.2 Å². The molecule has 0 saturated carbocycles. The third kappa shape index (κ3) is 5.12. The third-order valence-corrected chi connectivity index (χ3v) is 8.02. The lowest BCUT2D eigenvalue weighted by molar-refractivity contribution is 0.434. The van der Waals surface area contributed by atoms with Crippen molar-refractivity contribution >= 4 is 29.8 Å². The number of fused-ring (bicyclic) bond motifs is 1. The minimum absolute atomic E-state index is 0.346. The second-order valence-corrected chi connectivity index (χ2v) is 11.1. The van der Waals surface area contributed by atoms with Crippen LogP contribution in [-0.2, 0) is 6.54 Å². The van der Waals surface area contributed by atoms with Gasteiger partial charge in [0.25, 0.3) is 0 Å². The molecule has 1 aliphatic heterocycles. The van der Waals surface area contributed by atoms with E-state index in [2.05, 4.69) is 102 Å². The van der Waals surface area contributed by atoms with Crippen molar-refractivity contribution in [2.45, 2.75) is 38.8 Å². The molecule has 1 saturated heterocycles. The smallest absolute Gasteiger partial charge is 0.138 e. The molecule has 0 aliphatic carbocycles. The van der Waals surface area contributed by atoms with Gasteiger partial charge in [-0.15, -0.1) is 0 Å². The maximum absolute atomic E-state index is 4.83. The zero-order valence-corrected chi connectivity index (χ0v) is 23.2. The average molecular weight is 531 g/mol. The normalized spacial score (nSPS) is 16.4. The van der Waals surface area contributed by atoms with Gasteiger partial charge in [0.05, 0.1) is 47.4 Å². The van der Waals surface area contributed by atoms with Gasteiger partial charge in [0.2, 0.25) is 0 Å². The maximum atomic E-state index is 4.83. The predicted octanol–water partition coefficient (Wildman–Crippen LogP) is 5.94. The Morgan fingerprint density at radius 1 is 0.973 bits per heavy atom. The molecule has 3 N–H and O–H groups in total. The summed E-state index contributed by atoms with van der Waals surface area (Å²) in [7, 11) is 5.60. The van der Waals surface area contributed by atoms with E-state index >= 15 is 0 Å². The summed E-state index contributed by atoms with van der Waals surface area (Å²) in [5.74, 6) is 2.86. The average Bonchev–Trinajstić information content (AvgIpc) is 3.70. The van der Waals surface area contributed by atoms with Crippen LogP contribution in [0.15, 0.2) is 54.9 Å². The van der Waals surface area contributed by atoms with Crippen LogP contribution in [0.4, 0.5) is 0 Å². The highest BCUT2D eigenvalue weighted by Crippen LogP contribution is 2.34. The van der Waals surface area contributed by atoms with Crippen LogP contribution in [0.25, 0.3) is 44.9 Å². The number of aromatic nitrogens is 6. The predicted molar refractivity (Wildman–Crippen MR) is 155 cm³/mol. The number of H-pyrrole nitrogens is 3. The Labute approximate surface area is 221 Å². The van der Waals surface area contributed by atoms with Crippen LogP contribution in [0.1, 0.15) is 43.9 Å². The van der Waals surface area contributed by atoms with Crippen LogP contribution in [0.5, 0.6) is 0 Å². The lowest BCUT2D eigenvalue weighted by Gasteiger charge is -2.16. The molecule has 0 amide bonds. The zero-order valence-electron chi connectivity index (χ0n) is 20.9. The Kier molecular flexibility index (Phi) is 6.92. The SMILES string of the molecule is CCCN(P)Cc1ncc(-c2ccc(-c3nc4ccc(-c5cnc([C@@H]6CCCN6P)[nH]5)cc4[nH]3)cc2)[nH]1. The van der Waals surface area contributed by atoms with Crippen molar-refractivity contribution in [2.75, 3.05) is 13.1 Å². The van der Waals surface area contributed by atoms with E-state index < -0.39 is 0 Å². The molecule has 3 atom stereocenters. The third-order valence-electron chi connectivity index (χ3n) is 6.96. The molecule has 1 fully saturated rings. The molecular formula is C27H32N8P2. The molecule has 2 unspecified atom stereocenters. The van der Waals surface area contributed by atoms with Gasteiger partial charge in [-0.25, -0.2) is 15.0 Å². The molecule has 0 spiro atoms. The van der Waals surface area contributed by atoms with Crippen LogP contribution < -0.4 is 0 Å². The van der Waals surface area contributed by atoms with Gasteiger partial charge in [0.15, 0.2) is 0 Å². The molecule has 2 aromatic carbocycles.